The van der Waals surface area contributed by atoms with Gasteiger partial charge in [0, 0.05) is 4.91 Å². The molecule has 9 nitrogen and oxygen atoms in total. The van der Waals surface area contributed by atoms with E-state index in [0.717, 1.165) is 0 Å². The standard InChI is InChI=1S/C6H9N5O4/c1-2-15-5(12)4(3-8-11-7)9-10-6(13)14/h10H,2-3H2,1H3,(H,13,14)/b9-4+. The maximum absolute atomic E-state index is 11.1. The molecule has 0 aliphatic heterocycles. The molecule has 0 rings (SSSR count). The Labute approximate surface area is 84.3 Å². The van der Waals surface area contributed by atoms with Gasteiger partial charge in [-0.1, -0.05) is 5.11 Å². The highest BCUT2D eigenvalue weighted by atomic mass is 16.5. The molecule has 0 spiro atoms. The van der Waals surface area contributed by atoms with Crippen LogP contribution in [0.3, 0.4) is 0 Å². The SMILES string of the molecule is CCOC(=O)/C(CN=[N+]=[N-])=N/NC(=O)O. The average molecular weight is 215 g/mol. The van der Waals surface area contributed by atoms with Crippen LogP contribution in [0.1, 0.15) is 6.92 Å². The number of nitrogens with one attached hydrogen (secondary N) is 1. The Morgan fingerprint density at radius 2 is 2.27 bits per heavy atom. The van der Waals surface area contributed by atoms with E-state index in [1.54, 1.807) is 12.3 Å². The molecule has 0 aromatic rings. The van der Waals surface area contributed by atoms with Crippen LogP contribution in [0.2, 0.25) is 0 Å². The molecule has 0 aliphatic carbocycles. The molecule has 0 heterocycles. The molecular weight excluding hydrogens is 206 g/mol. The third kappa shape index (κ3) is 5.88. The van der Waals surface area contributed by atoms with Crippen molar-refractivity contribution in [3.63, 3.8) is 0 Å². The molecule has 0 saturated heterocycles. The first-order valence-corrected chi connectivity index (χ1v) is 3.85. The van der Waals surface area contributed by atoms with Crippen LogP contribution < -0.4 is 5.43 Å². The lowest BCUT2D eigenvalue weighted by atomic mass is 10.4. The van der Waals surface area contributed by atoms with E-state index in [9.17, 15) is 9.59 Å². The zero-order valence-corrected chi connectivity index (χ0v) is 7.88. The molecule has 0 aliphatic rings. The van der Waals surface area contributed by atoms with Gasteiger partial charge in [-0.3, -0.25) is 0 Å². The van der Waals surface area contributed by atoms with Crippen LogP contribution in [0.4, 0.5) is 4.79 Å². The first-order chi connectivity index (χ1) is 7.11. The molecule has 0 aromatic heterocycles. The first kappa shape index (κ1) is 12.7. The highest BCUT2D eigenvalue weighted by molar-refractivity contribution is 6.37. The van der Waals surface area contributed by atoms with E-state index >= 15 is 0 Å². The van der Waals surface area contributed by atoms with Crippen molar-refractivity contribution in [2.45, 2.75) is 6.92 Å². The van der Waals surface area contributed by atoms with E-state index < -0.39 is 12.1 Å². The molecule has 0 bridgehead atoms. The normalized spacial score (nSPS) is 10.1. The average Bonchev–Trinajstić information content (AvgIpc) is 2.17. The fourth-order valence-corrected chi connectivity index (χ4v) is 0.574. The van der Waals surface area contributed by atoms with Crippen LogP contribution >= 0.6 is 0 Å². The molecule has 82 valence electrons. The number of hydrazone groups is 1. The van der Waals surface area contributed by atoms with Gasteiger partial charge < -0.3 is 9.84 Å². The van der Waals surface area contributed by atoms with Crippen LogP contribution in [0.15, 0.2) is 10.2 Å². The molecule has 2 N–H and O–H groups in total. The smallest absolute Gasteiger partial charge is 0.425 e. The highest BCUT2D eigenvalue weighted by Gasteiger charge is 2.12. The van der Waals surface area contributed by atoms with Gasteiger partial charge in [-0.05, 0) is 12.5 Å². The molecule has 0 aromatic carbocycles. The zero-order chi connectivity index (χ0) is 11.7. The van der Waals surface area contributed by atoms with Crippen molar-refractivity contribution in [3.8, 4) is 0 Å². The van der Waals surface area contributed by atoms with Crippen molar-refractivity contribution in [2.75, 3.05) is 13.2 Å². The van der Waals surface area contributed by atoms with Crippen LogP contribution in [0.5, 0.6) is 0 Å². The Morgan fingerprint density at radius 3 is 2.73 bits per heavy atom. The number of ether oxygens (including phenoxy) is 1. The third-order valence-corrected chi connectivity index (χ3v) is 1.08. The van der Waals surface area contributed by atoms with E-state index in [4.69, 9.17) is 10.6 Å². The van der Waals surface area contributed by atoms with Crippen molar-refractivity contribution in [1.29, 1.82) is 0 Å². The second kappa shape index (κ2) is 7.15. The van der Waals surface area contributed by atoms with Crippen LogP contribution in [-0.4, -0.2) is 36.0 Å². The fourth-order valence-electron chi connectivity index (χ4n) is 0.574. The molecule has 9 heteroatoms. The largest absolute Gasteiger partial charge is 0.464 e. The minimum absolute atomic E-state index is 0.112. The van der Waals surface area contributed by atoms with Crippen LogP contribution in [0.25, 0.3) is 10.4 Å². The molecule has 15 heavy (non-hydrogen) atoms. The van der Waals surface area contributed by atoms with Crippen molar-refractivity contribution in [1.82, 2.24) is 5.43 Å². The predicted molar refractivity (Wildman–Crippen MR) is 49.2 cm³/mol. The Morgan fingerprint density at radius 1 is 1.60 bits per heavy atom. The lowest BCUT2D eigenvalue weighted by molar-refractivity contribution is -0.135. The monoisotopic (exact) mass is 215 g/mol. The summed E-state index contributed by atoms with van der Waals surface area (Å²) >= 11 is 0. The summed E-state index contributed by atoms with van der Waals surface area (Å²) in [6.07, 6.45) is -1.43. The third-order valence-electron chi connectivity index (χ3n) is 1.08. The van der Waals surface area contributed by atoms with Crippen molar-refractivity contribution in [3.05, 3.63) is 10.4 Å². The number of carbonyl (C=O) groups is 2. The van der Waals surface area contributed by atoms with Gasteiger partial charge in [0.15, 0.2) is 5.71 Å². The summed E-state index contributed by atoms with van der Waals surface area (Å²) in [7, 11) is 0. The second-order valence-electron chi connectivity index (χ2n) is 2.08. The summed E-state index contributed by atoms with van der Waals surface area (Å²) in [5.41, 5.74) is 9.32. The fraction of sp³-hybridized carbons (Fsp3) is 0.500. The van der Waals surface area contributed by atoms with Crippen molar-refractivity contribution in [2.24, 2.45) is 10.2 Å². The van der Waals surface area contributed by atoms with E-state index in [2.05, 4.69) is 19.9 Å². The minimum Gasteiger partial charge on any atom is -0.464 e. The maximum atomic E-state index is 11.1. The number of hydrogen-bond donors (Lipinski definition) is 2. The van der Waals surface area contributed by atoms with Gasteiger partial charge in [0.1, 0.15) is 0 Å². The molecule has 0 radical (unpaired) electrons. The van der Waals surface area contributed by atoms with E-state index in [-0.39, 0.29) is 18.9 Å². The number of amides is 1. The second-order valence-corrected chi connectivity index (χ2v) is 2.08. The zero-order valence-electron chi connectivity index (χ0n) is 7.88. The number of nitrogens with zero attached hydrogens (tertiary/aromatic N) is 4. The summed E-state index contributed by atoms with van der Waals surface area (Å²) in [5.74, 6) is -0.835. The van der Waals surface area contributed by atoms with Crippen molar-refractivity contribution < 1.29 is 19.4 Å². The Bertz CT molecular complexity index is 319. The van der Waals surface area contributed by atoms with Gasteiger partial charge in [-0.25, -0.2) is 15.0 Å². The Hall–Kier alpha value is -2.28. The Balaban J connectivity index is 4.55. The van der Waals surface area contributed by atoms with E-state index in [0.29, 0.717) is 0 Å². The number of carboxylic acid groups (broad SMARTS) is 1. The van der Waals surface area contributed by atoms with Crippen LogP contribution in [0, 0.1) is 0 Å². The quantitative estimate of drug-likeness (QED) is 0.172. The predicted octanol–water partition coefficient (Wildman–Crippen LogP) is 0.483. The summed E-state index contributed by atoms with van der Waals surface area (Å²) in [4.78, 5) is 23.6. The topological polar surface area (TPSA) is 137 Å². The number of azide groups is 1. The lowest BCUT2D eigenvalue weighted by Gasteiger charge is -2.02. The van der Waals surface area contributed by atoms with Crippen LogP contribution in [-0.2, 0) is 9.53 Å². The van der Waals surface area contributed by atoms with Crippen molar-refractivity contribution >= 4 is 17.8 Å². The summed E-state index contributed by atoms with van der Waals surface area (Å²) in [6.45, 7) is 1.31. The molecule has 0 atom stereocenters. The molecule has 0 unspecified atom stereocenters. The maximum Gasteiger partial charge on any atom is 0.425 e. The van der Waals surface area contributed by atoms with Gasteiger partial charge in [-0.15, -0.1) is 0 Å². The number of rotatable bonds is 5. The molecule has 0 fully saturated rings. The van der Waals surface area contributed by atoms with E-state index in [1.807, 2.05) is 0 Å². The Kier molecular flexibility index (Phi) is 6.07. The molecule has 0 saturated carbocycles. The number of hydrogen-bond acceptors (Lipinski definition) is 5. The van der Waals surface area contributed by atoms with Gasteiger partial charge in [0.25, 0.3) is 0 Å². The number of esters is 1. The van der Waals surface area contributed by atoms with Gasteiger partial charge in [0.2, 0.25) is 0 Å². The highest BCUT2D eigenvalue weighted by Crippen LogP contribution is 1.87. The first-order valence-electron chi connectivity index (χ1n) is 3.85. The van der Waals surface area contributed by atoms with Gasteiger partial charge in [-0.2, -0.15) is 5.10 Å². The summed E-state index contributed by atoms with van der Waals surface area (Å²) in [5, 5.41) is 14.5. The van der Waals surface area contributed by atoms with Gasteiger partial charge in [0.05, 0.1) is 13.2 Å². The molecular formula is C6H9N5O4. The molecule has 1 amide bonds. The summed E-state index contributed by atoms with van der Waals surface area (Å²) in [6, 6.07) is 0. The van der Waals surface area contributed by atoms with Gasteiger partial charge >= 0.3 is 12.1 Å². The van der Waals surface area contributed by atoms with E-state index in [1.165, 1.54) is 0 Å². The lowest BCUT2D eigenvalue weighted by Crippen LogP contribution is -2.25. The number of carbonyl (C=O) groups excluding carboxylic acids is 1. The summed E-state index contributed by atoms with van der Waals surface area (Å²) < 4.78 is 4.55. The minimum atomic E-state index is -1.43.